The maximum absolute atomic E-state index is 10.5. The molecular formula is C14H21NO3. The zero-order chi connectivity index (χ0) is 13.4. The molecule has 4 heteroatoms. The van der Waals surface area contributed by atoms with E-state index in [2.05, 4.69) is 12.2 Å². The molecule has 1 N–H and O–H groups in total. The minimum Gasteiger partial charge on any atom is -0.493 e. The van der Waals surface area contributed by atoms with Gasteiger partial charge in [-0.25, -0.2) is 0 Å². The van der Waals surface area contributed by atoms with Gasteiger partial charge >= 0.3 is 0 Å². The van der Waals surface area contributed by atoms with Crippen LogP contribution in [0.1, 0.15) is 25.3 Å². The first-order chi connectivity index (χ1) is 8.74. The van der Waals surface area contributed by atoms with Crippen molar-refractivity contribution in [2.75, 3.05) is 14.2 Å². The second-order valence-corrected chi connectivity index (χ2v) is 4.16. The lowest BCUT2D eigenvalue weighted by Crippen LogP contribution is -2.29. The van der Waals surface area contributed by atoms with Crippen LogP contribution < -0.4 is 14.8 Å². The molecule has 0 bridgehead atoms. The maximum atomic E-state index is 10.5. The van der Waals surface area contributed by atoms with Crippen molar-refractivity contribution in [2.24, 2.45) is 0 Å². The van der Waals surface area contributed by atoms with Crippen molar-refractivity contribution < 1.29 is 14.3 Å². The third-order valence-electron chi connectivity index (χ3n) is 2.87. The number of carbonyl (C=O) groups excluding carboxylic acids is 1. The zero-order valence-electron chi connectivity index (χ0n) is 11.2. The predicted molar refractivity (Wildman–Crippen MR) is 71.1 cm³/mol. The fraction of sp³-hybridized carbons (Fsp3) is 0.500. The molecule has 0 aliphatic rings. The van der Waals surface area contributed by atoms with Crippen LogP contribution >= 0.6 is 0 Å². The smallest absolute Gasteiger partial charge is 0.207 e. The molecule has 1 aromatic rings. The molecule has 0 radical (unpaired) electrons. The largest absolute Gasteiger partial charge is 0.493 e. The molecule has 0 aromatic heterocycles. The number of rotatable bonds is 8. The van der Waals surface area contributed by atoms with Crippen LogP contribution in [0.5, 0.6) is 11.5 Å². The Morgan fingerprint density at radius 1 is 1.28 bits per heavy atom. The number of methoxy groups -OCH3 is 2. The van der Waals surface area contributed by atoms with Crippen LogP contribution in [-0.4, -0.2) is 26.7 Å². The molecular weight excluding hydrogens is 230 g/mol. The Morgan fingerprint density at radius 3 is 2.56 bits per heavy atom. The Bertz CT molecular complexity index is 379. The lowest BCUT2D eigenvalue weighted by molar-refractivity contribution is -0.110. The van der Waals surface area contributed by atoms with Gasteiger partial charge in [-0.05, 0) is 30.5 Å². The summed E-state index contributed by atoms with van der Waals surface area (Å²) < 4.78 is 10.5. The molecule has 0 aliphatic carbocycles. The van der Waals surface area contributed by atoms with Crippen LogP contribution in [0.2, 0.25) is 0 Å². The highest BCUT2D eigenvalue weighted by Gasteiger charge is 2.10. The van der Waals surface area contributed by atoms with E-state index in [1.807, 2.05) is 18.2 Å². The summed E-state index contributed by atoms with van der Waals surface area (Å²) >= 11 is 0. The summed E-state index contributed by atoms with van der Waals surface area (Å²) in [6, 6.07) is 6.01. The van der Waals surface area contributed by atoms with E-state index in [9.17, 15) is 4.79 Å². The van der Waals surface area contributed by atoms with Gasteiger partial charge in [0, 0.05) is 6.04 Å². The molecule has 0 saturated carbocycles. The lowest BCUT2D eigenvalue weighted by atomic mass is 10.0. The van der Waals surface area contributed by atoms with Crippen LogP contribution in [0.3, 0.4) is 0 Å². The highest BCUT2D eigenvalue weighted by Crippen LogP contribution is 2.28. The van der Waals surface area contributed by atoms with Crippen molar-refractivity contribution in [3.8, 4) is 11.5 Å². The normalized spacial score (nSPS) is 11.7. The average molecular weight is 251 g/mol. The van der Waals surface area contributed by atoms with Crippen LogP contribution in [0.15, 0.2) is 18.2 Å². The van der Waals surface area contributed by atoms with E-state index in [0.29, 0.717) is 0 Å². The van der Waals surface area contributed by atoms with Crippen molar-refractivity contribution in [2.45, 2.75) is 32.2 Å². The molecule has 0 fully saturated rings. The van der Waals surface area contributed by atoms with Crippen LogP contribution in [0, 0.1) is 0 Å². The van der Waals surface area contributed by atoms with Gasteiger partial charge < -0.3 is 14.8 Å². The summed E-state index contributed by atoms with van der Waals surface area (Å²) in [5.74, 6) is 1.44. The monoisotopic (exact) mass is 251 g/mol. The molecule has 1 rings (SSSR count). The molecule has 0 unspecified atom stereocenters. The molecule has 0 aliphatic heterocycles. The molecule has 0 heterocycles. The minimum atomic E-state index is 0.172. The van der Waals surface area contributed by atoms with Crippen molar-refractivity contribution in [3.63, 3.8) is 0 Å². The van der Waals surface area contributed by atoms with Gasteiger partial charge in [-0.1, -0.05) is 19.4 Å². The predicted octanol–water partition coefficient (Wildman–Crippen LogP) is 2.16. The number of ether oxygens (including phenoxy) is 2. The Morgan fingerprint density at radius 2 is 2.00 bits per heavy atom. The number of carbonyl (C=O) groups is 1. The van der Waals surface area contributed by atoms with E-state index in [1.54, 1.807) is 14.2 Å². The minimum absolute atomic E-state index is 0.172. The zero-order valence-corrected chi connectivity index (χ0v) is 11.2. The first-order valence-corrected chi connectivity index (χ1v) is 6.15. The fourth-order valence-corrected chi connectivity index (χ4v) is 1.98. The molecule has 18 heavy (non-hydrogen) atoms. The third kappa shape index (κ3) is 3.95. The fourth-order valence-electron chi connectivity index (χ4n) is 1.98. The number of amides is 1. The summed E-state index contributed by atoms with van der Waals surface area (Å²) in [6.45, 7) is 2.11. The highest BCUT2D eigenvalue weighted by atomic mass is 16.5. The topological polar surface area (TPSA) is 47.6 Å². The van der Waals surface area contributed by atoms with Gasteiger partial charge in [-0.3, -0.25) is 4.79 Å². The number of hydrogen-bond donors (Lipinski definition) is 1. The first-order valence-electron chi connectivity index (χ1n) is 6.15. The second-order valence-electron chi connectivity index (χ2n) is 4.16. The Hall–Kier alpha value is -1.71. The van der Waals surface area contributed by atoms with Crippen LogP contribution in [0.4, 0.5) is 0 Å². The molecule has 100 valence electrons. The summed E-state index contributed by atoms with van der Waals surface area (Å²) in [7, 11) is 3.24. The van der Waals surface area contributed by atoms with E-state index in [0.717, 1.165) is 42.7 Å². The molecule has 1 amide bonds. The van der Waals surface area contributed by atoms with Gasteiger partial charge in [-0.15, -0.1) is 0 Å². The van der Waals surface area contributed by atoms with Gasteiger partial charge in [-0.2, -0.15) is 0 Å². The van der Waals surface area contributed by atoms with Gasteiger partial charge in [0.2, 0.25) is 6.41 Å². The molecule has 0 spiro atoms. The summed E-state index contributed by atoms with van der Waals surface area (Å²) in [4.78, 5) is 10.5. The van der Waals surface area contributed by atoms with E-state index < -0.39 is 0 Å². The van der Waals surface area contributed by atoms with Gasteiger partial charge in [0.05, 0.1) is 14.2 Å². The average Bonchev–Trinajstić information content (AvgIpc) is 2.39. The highest BCUT2D eigenvalue weighted by molar-refractivity contribution is 5.47. The maximum Gasteiger partial charge on any atom is 0.207 e. The Labute approximate surface area is 108 Å². The lowest BCUT2D eigenvalue weighted by Gasteiger charge is -2.16. The molecule has 4 nitrogen and oxygen atoms in total. The quantitative estimate of drug-likeness (QED) is 0.720. The standard InChI is InChI=1S/C14H21NO3/c1-4-5-12(15-10-16)8-11-6-7-13(17-2)14(9-11)18-3/h6-7,9-10,12H,4-5,8H2,1-3H3,(H,15,16)/t12-/m1/s1. The second kappa shape index (κ2) is 7.58. The van der Waals surface area contributed by atoms with E-state index in [-0.39, 0.29) is 6.04 Å². The van der Waals surface area contributed by atoms with Crippen LogP contribution in [0.25, 0.3) is 0 Å². The number of hydrogen-bond acceptors (Lipinski definition) is 3. The summed E-state index contributed by atoms with van der Waals surface area (Å²) in [6.07, 6.45) is 3.57. The van der Waals surface area contributed by atoms with Crippen molar-refractivity contribution in [3.05, 3.63) is 23.8 Å². The van der Waals surface area contributed by atoms with E-state index >= 15 is 0 Å². The third-order valence-corrected chi connectivity index (χ3v) is 2.87. The van der Waals surface area contributed by atoms with Crippen LogP contribution in [-0.2, 0) is 11.2 Å². The van der Waals surface area contributed by atoms with Gasteiger partial charge in [0.25, 0.3) is 0 Å². The van der Waals surface area contributed by atoms with Gasteiger partial charge in [0.1, 0.15) is 0 Å². The summed E-state index contributed by atoms with van der Waals surface area (Å²) in [5, 5.41) is 2.85. The van der Waals surface area contributed by atoms with Crippen molar-refractivity contribution in [1.82, 2.24) is 5.32 Å². The number of benzene rings is 1. The van der Waals surface area contributed by atoms with Crippen molar-refractivity contribution in [1.29, 1.82) is 0 Å². The first kappa shape index (κ1) is 14.4. The van der Waals surface area contributed by atoms with Gasteiger partial charge in [0.15, 0.2) is 11.5 Å². The molecule has 0 saturated heterocycles. The summed E-state index contributed by atoms with van der Waals surface area (Å²) in [5.41, 5.74) is 1.13. The Balaban J connectivity index is 2.79. The molecule has 1 aromatic carbocycles. The van der Waals surface area contributed by atoms with E-state index in [4.69, 9.17) is 9.47 Å². The van der Waals surface area contributed by atoms with Crippen molar-refractivity contribution >= 4 is 6.41 Å². The number of nitrogens with one attached hydrogen (secondary N) is 1. The Kier molecular flexibility index (Phi) is 6.05. The SMILES string of the molecule is CCC[C@H](Cc1ccc(OC)c(OC)c1)NC=O. The molecule has 1 atom stereocenters. The van der Waals surface area contributed by atoms with E-state index in [1.165, 1.54) is 0 Å².